The van der Waals surface area contributed by atoms with Gasteiger partial charge in [-0.25, -0.2) is 8.42 Å². The van der Waals surface area contributed by atoms with E-state index in [0.717, 1.165) is 0 Å². The zero-order valence-corrected chi connectivity index (χ0v) is 11.7. The van der Waals surface area contributed by atoms with E-state index >= 15 is 0 Å². The Morgan fingerprint density at radius 2 is 1.84 bits per heavy atom. The molecule has 0 aliphatic rings. The zero-order valence-electron chi connectivity index (χ0n) is 10.1. The van der Waals surface area contributed by atoms with E-state index in [9.17, 15) is 8.42 Å². The molecule has 1 N–H and O–H groups in total. The number of sulfonamides is 1. The van der Waals surface area contributed by atoms with Crippen molar-refractivity contribution in [1.82, 2.24) is 0 Å². The van der Waals surface area contributed by atoms with Gasteiger partial charge in [-0.1, -0.05) is 29.8 Å². The van der Waals surface area contributed by atoms with Crippen LogP contribution in [0.1, 0.15) is 0 Å². The first kappa shape index (κ1) is 13.7. The van der Waals surface area contributed by atoms with Crippen LogP contribution in [-0.2, 0) is 10.0 Å². The maximum Gasteiger partial charge on any atom is 0.262 e. The highest BCUT2D eigenvalue weighted by atomic mass is 35.5. The molecule has 2 aromatic rings. The van der Waals surface area contributed by atoms with Crippen molar-refractivity contribution >= 4 is 27.3 Å². The summed E-state index contributed by atoms with van der Waals surface area (Å²) in [5.74, 6) is 0.452. The molecule has 0 aliphatic heterocycles. The van der Waals surface area contributed by atoms with E-state index in [0.29, 0.717) is 16.5 Å². The van der Waals surface area contributed by atoms with Gasteiger partial charge in [0.1, 0.15) is 5.75 Å². The summed E-state index contributed by atoms with van der Waals surface area (Å²) < 4.78 is 32.0. The number of halogens is 1. The second kappa shape index (κ2) is 5.50. The molecule has 4 nitrogen and oxygen atoms in total. The maximum absolute atomic E-state index is 12.2. The first-order valence-corrected chi connectivity index (χ1v) is 7.30. The Hall–Kier alpha value is -1.72. The van der Waals surface area contributed by atoms with Crippen molar-refractivity contribution < 1.29 is 13.2 Å². The standard InChI is InChI=1S/C13H12ClNO3S/c1-18-13-8-3-2-7-12(13)15-19(16,17)11-6-4-5-10(14)9-11/h2-9,15H,1H3. The van der Waals surface area contributed by atoms with Gasteiger partial charge in [0.15, 0.2) is 0 Å². The monoisotopic (exact) mass is 297 g/mol. The van der Waals surface area contributed by atoms with Gasteiger partial charge in [0.2, 0.25) is 0 Å². The molecule has 0 amide bonds. The van der Waals surface area contributed by atoms with Crippen LogP contribution >= 0.6 is 11.6 Å². The van der Waals surface area contributed by atoms with Gasteiger partial charge in [0.05, 0.1) is 17.7 Å². The van der Waals surface area contributed by atoms with Gasteiger partial charge in [0, 0.05) is 5.02 Å². The number of para-hydroxylation sites is 2. The summed E-state index contributed by atoms with van der Waals surface area (Å²) >= 11 is 5.80. The quantitative estimate of drug-likeness (QED) is 0.943. The van der Waals surface area contributed by atoms with Crippen molar-refractivity contribution in [2.45, 2.75) is 4.90 Å². The summed E-state index contributed by atoms with van der Waals surface area (Å²) in [5, 5.41) is 0.364. The molecule has 0 unspecified atom stereocenters. The molecular weight excluding hydrogens is 286 g/mol. The minimum atomic E-state index is -3.68. The van der Waals surface area contributed by atoms with E-state index in [-0.39, 0.29) is 4.90 Å². The number of hydrogen-bond acceptors (Lipinski definition) is 3. The van der Waals surface area contributed by atoms with Crippen LogP contribution in [0.15, 0.2) is 53.4 Å². The van der Waals surface area contributed by atoms with Crippen molar-refractivity contribution in [3.63, 3.8) is 0 Å². The fourth-order valence-electron chi connectivity index (χ4n) is 1.57. The lowest BCUT2D eigenvalue weighted by Gasteiger charge is -2.11. The minimum absolute atomic E-state index is 0.103. The number of methoxy groups -OCH3 is 1. The molecule has 0 saturated carbocycles. The third-order valence-corrected chi connectivity index (χ3v) is 4.06. The Bertz CT molecular complexity index is 686. The van der Waals surface area contributed by atoms with E-state index in [2.05, 4.69) is 4.72 Å². The third kappa shape index (κ3) is 3.19. The van der Waals surface area contributed by atoms with Crippen molar-refractivity contribution in [2.24, 2.45) is 0 Å². The topological polar surface area (TPSA) is 55.4 Å². The first-order valence-electron chi connectivity index (χ1n) is 5.44. The fourth-order valence-corrected chi connectivity index (χ4v) is 2.94. The first-order chi connectivity index (χ1) is 9.03. The van der Waals surface area contributed by atoms with E-state index < -0.39 is 10.0 Å². The molecule has 0 aromatic heterocycles. The lowest BCUT2D eigenvalue weighted by Crippen LogP contribution is -2.13. The average Bonchev–Trinajstić information content (AvgIpc) is 2.39. The molecular formula is C13H12ClNO3S. The second-order valence-electron chi connectivity index (χ2n) is 3.76. The molecule has 0 atom stereocenters. The Morgan fingerprint density at radius 1 is 1.11 bits per heavy atom. The van der Waals surface area contributed by atoms with E-state index in [1.165, 1.54) is 19.2 Å². The molecule has 0 bridgehead atoms. The molecule has 2 aromatic carbocycles. The number of rotatable bonds is 4. The highest BCUT2D eigenvalue weighted by molar-refractivity contribution is 7.92. The van der Waals surface area contributed by atoms with Gasteiger partial charge in [-0.05, 0) is 30.3 Å². The fraction of sp³-hybridized carbons (Fsp3) is 0.0769. The van der Waals surface area contributed by atoms with E-state index in [4.69, 9.17) is 16.3 Å². The Morgan fingerprint density at radius 3 is 2.53 bits per heavy atom. The number of nitrogens with one attached hydrogen (secondary N) is 1. The molecule has 0 saturated heterocycles. The Balaban J connectivity index is 2.37. The lowest BCUT2D eigenvalue weighted by atomic mass is 10.3. The van der Waals surface area contributed by atoms with Crippen LogP contribution in [0.4, 0.5) is 5.69 Å². The largest absolute Gasteiger partial charge is 0.495 e. The van der Waals surface area contributed by atoms with Gasteiger partial charge in [0.25, 0.3) is 10.0 Å². The van der Waals surface area contributed by atoms with Crippen LogP contribution in [0.3, 0.4) is 0 Å². The molecule has 0 spiro atoms. The van der Waals surface area contributed by atoms with Gasteiger partial charge >= 0.3 is 0 Å². The molecule has 2 rings (SSSR count). The smallest absolute Gasteiger partial charge is 0.262 e. The number of anilines is 1. The number of hydrogen-bond donors (Lipinski definition) is 1. The van der Waals surface area contributed by atoms with Crippen LogP contribution in [0.25, 0.3) is 0 Å². The molecule has 0 aliphatic carbocycles. The highest BCUT2D eigenvalue weighted by Crippen LogP contribution is 2.26. The molecule has 6 heteroatoms. The van der Waals surface area contributed by atoms with E-state index in [1.54, 1.807) is 36.4 Å². The van der Waals surface area contributed by atoms with Crippen LogP contribution < -0.4 is 9.46 Å². The van der Waals surface area contributed by atoms with E-state index in [1.807, 2.05) is 0 Å². The van der Waals surface area contributed by atoms with Crippen molar-refractivity contribution in [3.05, 3.63) is 53.6 Å². The predicted molar refractivity (Wildman–Crippen MR) is 75.3 cm³/mol. The lowest BCUT2D eigenvalue weighted by molar-refractivity contribution is 0.417. The van der Waals surface area contributed by atoms with Gasteiger partial charge < -0.3 is 4.74 Å². The minimum Gasteiger partial charge on any atom is -0.495 e. The van der Waals surface area contributed by atoms with Crippen LogP contribution in [0.5, 0.6) is 5.75 Å². The highest BCUT2D eigenvalue weighted by Gasteiger charge is 2.16. The van der Waals surface area contributed by atoms with Gasteiger partial charge in [-0.2, -0.15) is 0 Å². The van der Waals surface area contributed by atoms with Crippen LogP contribution in [-0.4, -0.2) is 15.5 Å². The van der Waals surface area contributed by atoms with Gasteiger partial charge in [-0.15, -0.1) is 0 Å². The Kier molecular flexibility index (Phi) is 3.97. The SMILES string of the molecule is COc1ccccc1NS(=O)(=O)c1cccc(Cl)c1. The summed E-state index contributed by atoms with van der Waals surface area (Å²) in [6, 6.07) is 12.8. The second-order valence-corrected chi connectivity index (χ2v) is 5.88. The zero-order chi connectivity index (χ0) is 13.9. The maximum atomic E-state index is 12.2. The molecule has 0 fully saturated rings. The van der Waals surface area contributed by atoms with Crippen molar-refractivity contribution in [1.29, 1.82) is 0 Å². The summed E-state index contributed by atoms with van der Waals surface area (Å²) in [6.07, 6.45) is 0. The molecule has 0 heterocycles. The molecule has 0 radical (unpaired) electrons. The molecule has 19 heavy (non-hydrogen) atoms. The van der Waals surface area contributed by atoms with Crippen LogP contribution in [0, 0.1) is 0 Å². The van der Waals surface area contributed by atoms with Gasteiger partial charge in [-0.3, -0.25) is 4.72 Å². The predicted octanol–water partition coefficient (Wildman–Crippen LogP) is 3.15. The number of ether oxygens (including phenoxy) is 1. The average molecular weight is 298 g/mol. The normalized spacial score (nSPS) is 11.1. The summed E-state index contributed by atoms with van der Waals surface area (Å²) in [7, 11) is -2.20. The summed E-state index contributed by atoms with van der Waals surface area (Å²) in [6.45, 7) is 0. The van der Waals surface area contributed by atoms with Crippen LogP contribution in [0.2, 0.25) is 5.02 Å². The summed E-state index contributed by atoms with van der Waals surface area (Å²) in [4.78, 5) is 0.103. The summed E-state index contributed by atoms with van der Waals surface area (Å²) in [5.41, 5.74) is 0.380. The van der Waals surface area contributed by atoms with Crippen molar-refractivity contribution in [2.75, 3.05) is 11.8 Å². The Labute approximate surface area is 117 Å². The molecule has 100 valence electrons. The van der Waals surface area contributed by atoms with Crippen molar-refractivity contribution in [3.8, 4) is 5.75 Å². The number of benzene rings is 2. The third-order valence-electron chi connectivity index (χ3n) is 2.46.